The van der Waals surface area contributed by atoms with Crippen molar-refractivity contribution in [3.63, 3.8) is 0 Å². The Morgan fingerprint density at radius 3 is 2.77 bits per heavy atom. The molecule has 44 heavy (non-hydrogen) atoms. The highest BCUT2D eigenvalue weighted by Gasteiger charge is 2.45. The summed E-state index contributed by atoms with van der Waals surface area (Å²) >= 11 is 0. The van der Waals surface area contributed by atoms with E-state index in [1.165, 1.54) is 0 Å². The third kappa shape index (κ3) is 7.45. The number of benzene rings is 1. The zero-order valence-electron chi connectivity index (χ0n) is 27.0. The predicted octanol–water partition coefficient (Wildman–Crippen LogP) is 5.66. The SMILES string of the molecule is CCC12CC/C=C/c3ccc4c(c3)[C@H](CC(C)(C)O4)NC(=O)CCC3COCCC3N(C(=O)C1)C(NC(=O)OC(C)(C)C)=N2. The third-order valence-electron chi connectivity index (χ3n) is 9.01. The van der Waals surface area contributed by atoms with E-state index < -0.39 is 22.8 Å². The number of nitrogens with one attached hydrogen (secondary N) is 2. The Morgan fingerprint density at radius 2 is 2.02 bits per heavy atom. The quantitative estimate of drug-likeness (QED) is 0.425. The maximum atomic E-state index is 14.0. The Balaban J connectivity index is 1.51. The van der Waals surface area contributed by atoms with Crippen LogP contribution in [0.15, 0.2) is 29.3 Å². The van der Waals surface area contributed by atoms with Crippen LogP contribution in [0.3, 0.4) is 0 Å². The van der Waals surface area contributed by atoms with Gasteiger partial charge in [-0.05, 0) is 84.4 Å². The van der Waals surface area contributed by atoms with E-state index >= 15 is 0 Å². The summed E-state index contributed by atoms with van der Waals surface area (Å²) in [6.07, 6.45) is 7.81. The molecule has 3 unspecified atom stereocenters. The number of allylic oxidation sites excluding steroid dienone is 1. The molecule has 4 bridgehead atoms. The van der Waals surface area contributed by atoms with Crippen molar-refractivity contribution in [2.75, 3.05) is 13.2 Å². The molecule has 5 aliphatic heterocycles. The van der Waals surface area contributed by atoms with E-state index in [0.717, 1.165) is 16.9 Å². The summed E-state index contributed by atoms with van der Waals surface area (Å²) in [5, 5.41) is 6.11. The van der Waals surface area contributed by atoms with E-state index in [0.29, 0.717) is 51.7 Å². The molecular formula is C34H48N4O6. The molecule has 1 aromatic carbocycles. The molecule has 10 nitrogen and oxygen atoms in total. The van der Waals surface area contributed by atoms with E-state index in [2.05, 4.69) is 28.9 Å². The van der Waals surface area contributed by atoms with Crippen LogP contribution >= 0.6 is 0 Å². The number of carbonyl (C=O) groups excluding carboxylic acids is 3. The molecule has 10 heteroatoms. The van der Waals surface area contributed by atoms with Gasteiger partial charge in [-0.25, -0.2) is 9.79 Å². The maximum Gasteiger partial charge on any atom is 0.414 e. The lowest BCUT2D eigenvalue weighted by Crippen LogP contribution is -2.61. The topological polar surface area (TPSA) is 119 Å². The van der Waals surface area contributed by atoms with Crippen LogP contribution in [0.4, 0.5) is 4.79 Å². The number of aliphatic imine (C=N–C) groups is 1. The second-order valence-corrected chi connectivity index (χ2v) is 14.2. The van der Waals surface area contributed by atoms with Crippen LogP contribution in [-0.2, 0) is 19.1 Å². The average molecular weight is 609 g/mol. The van der Waals surface area contributed by atoms with Crippen molar-refractivity contribution >= 4 is 29.9 Å². The molecule has 1 aromatic rings. The lowest BCUT2D eigenvalue weighted by atomic mass is 9.83. The summed E-state index contributed by atoms with van der Waals surface area (Å²) in [5.74, 6) is 0.787. The highest BCUT2D eigenvalue weighted by atomic mass is 16.6. The van der Waals surface area contributed by atoms with Crippen molar-refractivity contribution < 1.29 is 28.6 Å². The molecule has 0 spiro atoms. The van der Waals surface area contributed by atoms with Crippen LogP contribution in [-0.4, -0.2) is 64.8 Å². The molecule has 0 radical (unpaired) electrons. The zero-order chi connectivity index (χ0) is 31.7. The van der Waals surface area contributed by atoms with Crippen molar-refractivity contribution in [3.05, 3.63) is 35.4 Å². The molecule has 1 fully saturated rings. The molecule has 0 aliphatic carbocycles. The number of hydrogen-bond donors (Lipinski definition) is 2. The predicted molar refractivity (Wildman–Crippen MR) is 168 cm³/mol. The number of fused-ring (bicyclic) bond motifs is 6. The average Bonchev–Trinajstić information content (AvgIpc) is 2.93. The minimum Gasteiger partial charge on any atom is -0.487 e. The van der Waals surface area contributed by atoms with Gasteiger partial charge >= 0.3 is 6.09 Å². The summed E-state index contributed by atoms with van der Waals surface area (Å²) in [7, 11) is 0. The van der Waals surface area contributed by atoms with E-state index in [1.54, 1.807) is 25.7 Å². The first-order valence-corrected chi connectivity index (χ1v) is 16.0. The first-order chi connectivity index (χ1) is 20.8. The lowest BCUT2D eigenvalue weighted by Gasteiger charge is -2.45. The minimum absolute atomic E-state index is 0.0548. The Hall–Kier alpha value is -3.40. The molecule has 5 heterocycles. The van der Waals surface area contributed by atoms with Gasteiger partial charge in [0.05, 0.1) is 24.6 Å². The summed E-state index contributed by atoms with van der Waals surface area (Å²) in [5.41, 5.74) is 0.219. The Bertz CT molecular complexity index is 1330. The van der Waals surface area contributed by atoms with Crippen molar-refractivity contribution in [3.8, 4) is 5.75 Å². The van der Waals surface area contributed by atoms with Gasteiger partial charge < -0.3 is 19.5 Å². The fraction of sp³-hybridized carbons (Fsp3) is 0.647. The number of rotatable bonds is 1. The van der Waals surface area contributed by atoms with Gasteiger partial charge in [-0.3, -0.25) is 19.8 Å². The molecule has 4 atom stereocenters. The minimum atomic E-state index is -0.710. The van der Waals surface area contributed by atoms with Crippen molar-refractivity contribution in [1.82, 2.24) is 15.5 Å². The van der Waals surface area contributed by atoms with E-state index in [-0.39, 0.29) is 48.6 Å². The first kappa shape index (κ1) is 32.0. The van der Waals surface area contributed by atoms with E-state index in [4.69, 9.17) is 19.2 Å². The molecule has 6 rings (SSSR count). The fourth-order valence-electron chi connectivity index (χ4n) is 6.81. The molecule has 5 aliphatic rings. The van der Waals surface area contributed by atoms with Gasteiger partial charge in [0.2, 0.25) is 17.8 Å². The number of ether oxygens (including phenoxy) is 3. The van der Waals surface area contributed by atoms with Gasteiger partial charge in [0.15, 0.2) is 0 Å². The number of nitrogens with zero attached hydrogens (tertiary/aromatic N) is 2. The number of guanidine groups is 1. The van der Waals surface area contributed by atoms with Crippen LogP contribution in [0, 0.1) is 5.92 Å². The highest BCUT2D eigenvalue weighted by Crippen LogP contribution is 2.41. The Kier molecular flexibility index (Phi) is 9.12. The van der Waals surface area contributed by atoms with Crippen LogP contribution < -0.4 is 15.4 Å². The smallest absolute Gasteiger partial charge is 0.414 e. The molecule has 3 amide bonds. The van der Waals surface area contributed by atoms with Gasteiger partial charge in [0, 0.05) is 37.0 Å². The Morgan fingerprint density at radius 1 is 1.23 bits per heavy atom. The first-order valence-electron chi connectivity index (χ1n) is 16.0. The van der Waals surface area contributed by atoms with Crippen molar-refractivity contribution in [2.24, 2.45) is 10.9 Å². The van der Waals surface area contributed by atoms with Crippen LogP contribution in [0.1, 0.15) is 110 Å². The molecule has 0 saturated carbocycles. The van der Waals surface area contributed by atoms with Gasteiger partial charge in [-0.1, -0.05) is 25.1 Å². The summed E-state index contributed by atoms with van der Waals surface area (Å²) in [6.45, 7) is 12.4. The van der Waals surface area contributed by atoms with E-state index in [9.17, 15) is 14.4 Å². The molecule has 1 saturated heterocycles. The zero-order valence-corrected chi connectivity index (χ0v) is 27.0. The van der Waals surface area contributed by atoms with Gasteiger partial charge in [-0.2, -0.15) is 0 Å². The summed E-state index contributed by atoms with van der Waals surface area (Å²) in [6, 6.07) is 5.66. The monoisotopic (exact) mass is 608 g/mol. The maximum absolute atomic E-state index is 14.0. The lowest BCUT2D eigenvalue weighted by molar-refractivity contribution is -0.135. The number of amides is 3. The van der Waals surface area contributed by atoms with Gasteiger partial charge in [-0.15, -0.1) is 0 Å². The van der Waals surface area contributed by atoms with Crippen LogP contribution in [0.2, 0.25) is 0 Å². The summed E-state index contributed by atoms with van der Waals surface area (Å²) in [4.78, 5) is 47.2. The van der Waals surface area contributed by atoms with E-state index in [1.807, 2.05) is 32.9 Å². The number of hydrogen-bond acceptors (Lipinski definition) is 7. The standard InChI is InChI=1S/C34H48N4O6/c1-7-34-16-9-8-10-22-11-13-27-24(18-22)25(19-33(5,6)43-27)35-28(39)14-12-23-21-42-17-15-26(23)38(29(40)20-34)30(37-34)36-31(41)44-32(2,3)4/h8,10-11,13,18,23,25-26H,7,9,12,14-17,19-21H2,1-6H3,(H,35,39)(H,36,37,41)/b10-8+/t23?,25-,26?,34?/m0/s1. The second-order valence-electron chi connectivity index (χ2n) is 14.2. The molecule has 2 N–H and O–H groups in total. The summed E-state index contributed by atoms with van der Waals surface area (Å²) < 4.78 is 17.7. The molecule has 240 valence electrons. The third-order valence-corrected chi connectivity index (χ3v) is 9.01. The van der Waals surface area contributed by atoms with Crippen LogP contribution in [0.25, 0.3) is 6.08 Å². The van der Waals surface area contributed by atoms with Gasteiger partial charge in [0.1, 0.15) is 17.0 Å². The normalized spacial score (nSPS) is 29.6. The Labute approximate surface area is 261 Å². The largest absolute Gasteiger partial charge is 0.487 e. The number of alkyl carbamates (subject to hydrolysis) is 1. The second kappa shape index (κ2) is 12.5. The van der Waals surface area contributed by atoms with Gasteiger partial charge in [0.25, 0.3) is 0 Å². The molecular weight excluding hydrogens is 560 g/mol. The van der Waals surface area contributed by atoms with Crippen LogP contribution in [0.5, 0.6) is 5.75 Å². The number of carbonyl (C=O) groups is 3. The fourth-order valence-corrected chi connectivity index (χ4v) is 6.81. The van der Waals surface area contributed by atoms with Crippen molar-refractivity contribution in [1.29, 1.82) is 0 Å². The highest BCUT2D eigenvalue weighted by molar-refractivity contribution is 6.05. The molecule has 0 aromatic heterocycles. The van der Waals surface area contributed by atoms with Crippen molar-refractivity contribution in [2.45, 2.75) is 122 Å².